The van der Waals surface area contributed by atoms with Crippen LogP contribution in [0.1, 0.15) is 0 Å². The van der Waals surface area contributed by atoms with E-state index in [9.17, 15) is 22.0 Å². The van der Waals surface area contributed by atoms with Crippen molar-refractivity contribution >= 4 is 16.1 Å². The molecule has 0 spiro atoms. The van der Waals surface area contributed by atoms with Gasteiger partial charge in [-0.15, -0.1) is 0 Å². The van der Waals surface area contributed by atoms with Gasteiger partial charge in [0.05, 0.1) is 13.2 Å². The van der Waals surface area contributed by atoms with Gasteiger partial charge in [-0.1, -0.05) is 0 Å². The number of hydrogen-bond acceptors (Lipinski definition) is 6. The Morgan fingerprint density at radius 1 is 1.44 bits per heavy atom. The fourth-order valence-corrected chi connectivity index (χ4v) is 1.21. The Balaban J connectivity index is 2.72. The van der Waals surface area contributed by atoms with Gasteiger partial charge < -0.3 is 14.6 Å². The highest BCUT2D eigenvalue weighted by Gasteiger charge is 2.55. The molecular weight excluding hydrogens is 254 g/mol. The molecule has 0 amide bonds. The van der Waals surface area contributed by atoms with Gasteiger partial charge in [0.25, 0.3) is 0 Å². The number of aliphatic hydroxyl groups is 1. The topological polar surface area (TPSA) is 110 Å². The lowest BCUT2D eigenvalue weighted by Crippen LogP contribution is -2.42. The Kier molecular flexibility index (Phi) is 3.47. The summed E-state index contributed by atoms with van der Waals surface area (Å²) in [6, 6.07) is 0. The molecule has 0 aromatic heterocycles. The number of ether oxygens (including phenoxy) is 2. The average molecular weight is 262 g/mol. The van der Waals surface area contributed by atoms with Crippen LogP contribution in [0, 0.1) is 0 Å². The Morgan fingerprint density at radius 3 is 2.38 bits per heavy atom. The van der Waals surface area contributed by atoms with Crippen LogP contribution < -0.4 is 0 Å². The molecular formula is C6H8F2O7S. The van der Waals surface area contributed by atoms with Crippen molar-refractivity contribution in [1.29, 1.82) is 0 Å². The summed E-state index contributed by atoms with van der Waals surface area (Å²) in [5.74, 6) is -2.45. The maximum absolute atomic E-state index is 12.7. The van der Waals surface area contributed by atoms with E-state index >= 15 is 0 Å². The lowest BCUT2D eigenvalue weighted by atomic mass is 10.3. The van der Waals surface area contributed by atoms with Crippen molar-refractivity contribution in [3.05, 3.63) is 0 Å². The first-order chi connectivity index (χ1) is 7.16. The Labute approximate surface area is 88.7 Å². The minimum absolute atomic E-state index is 0.213. The maximum Gasteiger partial charge on any atom is 0.465 e. The second-order valence-corrected chi connectivity index (χ2v) is 4.50. The largest absolute Gasteiger partial charge is 0.465 e. The van der Waals surface area contributed by atoms with E-state index in [1.165, 1.54) is 0 Å². The SMILES string of the molecule is O=C(OC1COCC1O)C(F)(F)S(=O)(=O)O. The normalized spacial score (nSPS) is 26.8. The van der Waals surface area contributed by atoms with Crippen LogP contribution in [-0.2, 0) is 24.4 Å². The molecule has 1 aliphatic rings. The molecule has 1 aliphatic heterocycles. The third kappa shape index (κ3) is 2.45. The van der Waals surface area contributed by atoms with Gasteiger partial charge in [0.2, 0.25) is 0 Å². The van der Waals surface area contributed by atoms with Gasteiger partial charge in [-0.2, -0.15) is 17.2 Å². The van der Waals surface area contributed by atoms with E-state index < -0.39 is 33.5 Å². The first-order valence-electron chi connectivity index (χ1n) is 3.98. The summed E-state index contributed by atoms with van der Waals surface area (Å²) in [4.78, 5) is 10.7. The molecule has 2 unspecified atom stereocenters. The molecule has 1 heterocycles. The van der Waals surface area contributed by atoms with Crippen molar-refractivity contribution < 1.29 is 41.1 Å². The summed E-state index contributed by atoms with van der Waals surface area (Å²) in [6.07, 6.45) is -2.68. The summed E-state index contributed by atoms with van der Waals surface area (Å²) in [5, 5.41) is 3.99. The summed E-state index contributed by atoms with van der Waals surface area (Å²) >= 11 is 0. The highest BCUT2D eigenvalue weighted by Crippen LogP contribution is 2.24. The van der Waals surface area contributed by atoms with Gasteiger partial charge in [-0.25, -0.2) is 4.79 Å². The van der Waals surface area contributed by atoms with Crippen molar-refractivity contribution in [2.75, 3.05) is 13.2 Å². The predicted octanol–water partition coefficient (Wildman–Crippen LogP) is -1.23. The van der Waals surface area contributed by atoms with Crippen LogP contribution in [0.4, 0.5) is 8.78 Å². The van der Waals surface area contributed by atoms with Gasteiger partial charge >= 0.3 is 21.3 Å². The molecule has 0 saturated carbocycles. The lowest BCUT2D eigenvalue weighted by molar-refractivity contribution is -0.170. The first-order valence-corrected chi connectivity index (χ1v) is 5.42. The van der Waals surface area contributed by atoms with E-state index in [-0.39, 0.29) is 13.2 Å². The summed E-state index contributed by atoms with van der Waals surface area (Å²) in [6.45, 7) is -0.538. The zero-order valence-electron chi connectivity index (χ0n) is 7.67. The minimum atomic E-state index is -5.89. The summed E-state index contributed by atoms with van der Waals surface area (Å²) in [7, 11) is -5.89. The monoisotopic (exact) mass is 262 g/mol. The summed E-state index contributed by atoms with van der Waals surface area (Å²) < 4.78 is 62.3. The zero-order chi connectivity index (χ0) is 12.6. The van der Waals surface area contributed by atoms with E-state index in [2.05, 4.69) is 9.47 Å². The van der Waals surface area contributed by atoms with Crippen LogP contribution in [0.3, 0.4) is 0 Å². The molecule has 94 valence electrons. The van der Waals surface area contributed by atoms with Crippen LogP contribution in [0.15, 0.2) is 0 Å². The Morgan fingerprint density at radius 2 is 2.00 bits per heavy atom. The van der Waals surface area contributed by atoms with Gasteiger partial charge in [-0.3, -0.25) is 4.55 Å². The molecule has 7 nitrogen and oxygen atoms in total. The third-order valence-electron chi connectivity index (χ3n) is 1.82. The van der Waals surface area contributed by atoms with Crippen LogP contribution in [0.5, 0.6) is 0 Å². The predicted molar refractivity (Wildman–Crippen MR) is 43.2 cm³/mol. The molecule has 0 aliphatic carbocycles. The highest BCUT2D eigenvalue weighted by molar-refractivity contribution is 7.87. The van der Waals surface area contributed by atoms with Crippen LogP contribution >= 0.6 is 0 Å². The number of hydrogen-bond donors (Lipinski definition) is 2. The maximum atomic E-state index is 12.7. The fourth-order valence-electron chi connectivity index (χ4n) is 0.947. The number of aliphatic hydroxyl groups excluding tert-OH is 1. The minimum Gasteiger partial charge on any atom is -0.452 e. The molecule has 0 aromatic carbocycles. The number of rotatable bonds is 3. The fraction of sp³-hybridized carbons (Fsp3) is 0.833. The molecule has 16 heavy (non-hydrogen) atoms. The van der Waals surface area contributed by atoms with Crippen molar-refractivity contribution in [1.82, 2.24) is 0 Å². The van der Waals surface area contributed by atoms with Gasteiger partial charge in [0.15, 0.2) is 6.10 Å². The van der Waals surface area contributed by atoms with Crippen LogP contribution in [0.25, 0.3) is 0 Å². The van der Waals surface area contributed by atoms with Gasteiger partial charge in [0.1, 0.15) is 6.10 Å². The molecule has 0 radical (unpaired) electrons. The van der Waals surface area contributed by atoms with E-state index in [1.54, 1.807) is 0 Å². The highest BCUT2D eigenvalue weighted by atomic mass is 32.2. The molecule has 1 rings (SSSR count). The molecule has 0 bridgehead atoms. The van der Waals surface area contributed by atoms with Gasteiger partial charge in [-0.05, 0) is 0 Å². The molecule has 0 aromatic rings. The first kappa shape index (κ1) is 13.2. The number of alkyl halides is 2. The number of carbonyl (C=O) groups is 1. The lowest BCUT2D eigenvalue weighted by Gasteiger charge is -2.17. The standard InChI is InChI=1S/C6H8F2O7S/c7-6(8,16(11,12)13)5(10)15-4-2-14-1-3(4)9/h3-4,9H,1-2H2,(H,11,12,13). The zero-order valence-corrected chi connectivity index (χ0v) is 8.49. The molecule has 10 heteroatoms. The van der Waals surface area contributed by atoms with Crippen LogP contribution in [-0.4, -0.2) is 54.7 Å². The number of carbonyl (C=O) groups excluding carboxylic acids is 1. The number of halogens is 2. The molecule has 2 atom stereocenters. The quantitative estimate of drug-likeness (QED) is 0.484. The van der Waals surface area contributed by atoms with Crippen LogP contribution in [0.2, 0.25) is 0 Å². The third-order valence-corrected chi connectivity index (χ3v) is 2.63. The Hall–Kier alpha value is -0.840. The van der Waals surface area contributed by atoms with E-state index in [4.69, 9.17) is 9.66 Å². The van der Waals surface area contributed by atoms with E-state index in [0.29, 0.717) is 0 Å². The van der Waals surface area contributed by atoms with Gasteiger partial charge in [0, 0.05) is 0 Å². The van der Waals surface area contributed by atoms with Crippen molar-refractivity contribution in [3.63, 3.8) is 0 Å². The molecule has 1 fully saturated rings. The van der Waals surface area contributed by atoms with E-state index in [1.807, 2.05) is 0 Å². The molecule has 2 N–H and O–H groups in total. The van der Waals surface area contributed by atoms with Crippen molar-refractivity contribution in [3.8, 4) is 0 Å². The van der Waals surface area contributed by atoms with Crippen molar-refractivity contribution in [2.24, 2.45) is 0 Å². The average Bonchev–Trinajstić information content (AvgIpc) is 2.49. The van der Waals surface area contributed by atoms with Crippen molar-refractivity contribution in [2.45, 2.75) is 17.5 Å². The smallest absolute Gasteiger partial charge is 0.452 e. The Bertz CT molecular complexity index is 378. The van der Waals surface area contributed by atoms with E-state index in [0.717, 1.165) is 0 Å². The molecule has 1 saturated heterocycles. The number of esters is 1. The second kappa shape index (κ2) is 4.20. The summed E-state index contributed by atoms with van der Waals surface area (Å²) in [5.41, 5.74) is 0. The second-order valence-electron chi connectivity index (χ2n) is 3.04.